The van der Waals surface area contributed by atoms with E-state index in [1.807, 2.05) is 25.1 Å². The van der Waals surface area contributed by atoms with Gasteiger partial charge in [0.25, 0.3) is 0 Å². The van der Waals surface area contributed by atoms with E-state index in [9.17, 15) is 0 Å². The summed E-state index contributed by atoms with van der Waals surface area (Å²) in [4.78, 5) is 2.44. The molecule has 0 saturated carbocycles. The summed E-state index contributed by atoms with van der Waals surface area (Å²) in [5.41, 5.74) is 7.17. The zero-order valence-corrected chi connectivity index (χ0v) is 12.6. The highest BCUT2D eigenvalue weighted by Gasteiger charge is 2.14. The molecule has 1 heterocycles. The molecule has 1 atom stereocenters. The Bertz CT molecular complexity index is 423. The molecule has 2 rings (SSSR count). The quantitative estimate of drug-likeness (QED) is 0.897. The fraction of sp³-hybridized carbons (Fsp3) is 0.625. The topological polar surface area (TPSA) is 47.7 Å². The van der Waals surface area contributed by atoms with Crippen molar-refractivity contribution in [3.05, 3.63) is 23.8 Å². The van der Waals surface area contributed by atoms with Crippen molar-refractivity contribution < 1.29 is 9.47 Å². The van der Waals surface area contributed by atoms with E-state index in [1.165, 1.54) is 12.0 Å². The summed E-state index contributed by atoms with van der Waals surface area (Å²) in [6, 6.07) is 6.40. The van der Waals surface area contributed by atoms with Crippen molar-refractivity contribution in [2.24, 2.45) is 5.73 Å². The van der Waals surface area contributed by atoms with E-state index >= 15 is 0 Å². The molecule has 1 fully saturated rings. The number of ether oxygens (including phenoxy) is 2. The van der Waals surface area contributed by atoms with Crippen LogP contribution in [-0.4, -0.2) is 44.3 Å². The van der Waals surface area contributed by atoms with Gasteiger partial charge in [-0.15, -0.1) is 0 Å². The van der Waals surface area contributed by atoms with Crippen molar-refractivity contribution in [2.45, 2.75) is 32.2 Å². The van der Waals surface area contributed by atoms with Crippen LogP contribution in [0.1, 0.15) is 24.8 Å². The number of aryl methyl sites for hydroxylation is 1. The first kappa shape index (κ1) is 15.1. The number of hydrogen-bond donors (Lipinski definition) is 1. The fourth-order valence-electron chi connectivity index (χ4n) is 2.58. The van der Waals surface area contributed by atoms with Crippen LogP contribution >= 0.6 is 0 Å². The van der Waals surface area contributed by atoms with Gasteiger partial charge < -0.3 is 15.2 Å². The van der Waals surface area contributed by atoms with Gasteiger partial charge in [0, 0.05) is 12.6 Å². The third kappa shape index (κ3) is 4.39. The smallest absolute Gasteiger partial charge is 0.161 e. The van der Waals surface area contributed by atoms with Crippen LogP contribution in [0.2, 0.25) is 0 Å². The molecule has 0 aliphatic carbocycles. The molecule has 1 saturated heterocycles. The highest BCUT2D eigenvalue weighted by atomic mass is 16.5. The highest BCUT2D eigenvalue weighted by molar-refractivity contribution is 5.42. The maximum absolute atomic E-state index is 5.99. The van der Waals surface area contributed by atoms with Crippen LogP contribution in [0.15, 0.2) is 18.2 Å². The van der Waals surface area contributed by atoms with Gasteiger partial charge in [0.05, 0.1) is 7.11 Å². The molecule has 1 aromatic rings. The van der Waals surface area contributed by atoms with Crippen LogP contribution in [0.5, 0.6) is 11.5 Å². The van der Waals surface area contributed by atoms with Crippen LogP contribution in [0.3, 0.4) is 0 Å². The first-order valence-electron chi connectivity index (χ1n) is 7.44. The van der Waals surface area contributed by atoms with Gasteiger partial charge in [-0.2, -0.15) is 0 Å². The normalized spacial score (nSPS) is 20.4. The Morgan fingerprint density at radius 1 is 1.25 bits per heavy atom. The van der Waals surface area contributed by atoms with E-state index in [0.29, 0.717) is 12.6 Å². The predicted molar refractivity (Wildman–Crippen MR) is 81.5 cm³/mol. The van der Waals surface area contributed by atoms with Gasteiger partial charge in [0.1, 0.15) is 6.61 Å². The molecule has 1 aromatic carbocycles. The van der Waals surface area contributed by atoms with Gasteiger partial charge in [-0.1, -0.05) is 6.07 Å². The number of nitrogens with zero attached hydrogens (tertiary/aromatic N) is 1. The molecule has 0 aromatic heterocycles. The van der Waals surface area contributed by atoms with Crippen molar-refractivity contribution >= 4 is 0 Å². The molecule has 4 heteroatoms. The Morgan fingerprint density at radius 3 is 2.90 bits per heavy atom. The lowest BCUT2D eigenvalue weighted by Gasteiger charge is -2.20. The minimum absolute atomic E-state index is 0.373. The first-order chi connectivity index (χ1) is 9.69. The van der Waals surface area contributed by atoms with Crippen LogP contribution < -0.4 is 15.2 Å². The summed E-state index contributed by atoms with van der Waals surface area (Å²) in [5.74, 6) is 1.63. The van der Waals surface area contributed by atoms with Crippen LogP contribution in [-0.2, 0) is 0 Å². The predicted octanol–water partition coefficient (Wildman–Crippen LogP) is 2.20. The van der Waals surface area contributed by atoms with Crippen LogP contribution in [0.4, 0.5) is 0 Å². The fourth-order valence-corrected chi connectivity index (χ4v) is 2.58. The number of hydrogen-bond acceptors (Lipinski definition) is 4. The molecule has 0 amide bonds. The highest BCUT2D eigenvalue weighted by Crippen LogP contribution is 2.27. The van der Waals surface area contributed by atoms with E-state index in [4.69, 9.17) is 15.2 Å². The van der Waals surface area contributed by atoms with Gasteiger partial charge >= 0.3 is 0 Å². The number of methoxy groups -OCH3 is 1. The standard InChI is InChI=1S/C16H26N2O2/c1-13-5-6-15(16(12-13)19-2)20-11-10-18-8-3-4-14(17)7-9-18/h5-6,12,14H,3-4,7-11,17H2,1-2H3/t14-/m1/s1. The molecule has 0 unspecified atom stereocenters. The summed E-state index contributed by atoms with van der Waals surface area (Å²) < 4.78 is 11.2. The molecule has 1 aliphatic heterocycles. The SMILES string of the molecule is COc1cc(C)ccc1OCCN1CCC[C@@H](N)CC1. The van der Waals surface area contributed by atoms with Crippen molar-refractivity contribution in [3.8, 4) is 11.5 Å². The van der Waals surface area contributed by atoms with Crippen LogP contribution in [0, 0.1) is 6.92 Å². The van der Waals surface area contributed by atoms with Crippen molar-refractivity contribution in [3.63, 3.8) is 0 Å². The average molecular weight is 278 g/mol. The van der Waals surface area contributed by atoms with E-state index < -0.39 is 0 Å². The lowest BCUT2D eigenvalue weighted by atomic mass is 10.1. The van der Waals surface area contributed by atoms with Gasteiger partial charge in [0.15, 0.2) is 11.5 Å². The molecular formula is C16H26N2O2. The van der Waals surface area contributed by atoms with Gasteiger partial charge in [0.2, 0.25) is 0 Å². The summed E-state index contributed by atoms with van der Waals surface area (Å²) in [5, 5.41) is 0. The van der Waals surface area contributed by atoms with E-state index in [2.05, 4.69) is 4.90 Å². The summed E-state index contributed by atoms with van der Waals surface area (Å²) >= 11 is 0. The number of benzene rings is 1. The molecular weight excluding hydrogens is 252 g/mol. The molecule has 0 bridgehead atoms. The molecule has 2 N–H and O–H groups in total. The van der Waals surface area contributed by atoms with E-state index in [0.717, 1.165) is 44.0 Å². The number of nitrogens with two attached hydrogens (primary N) is 1. The Morgan fingerprint density at radius 2 is 2.10 bits per heavy atom. The second-order valence-electron chi connectivity index (χ2n) is 5.54. The first-order valence-corrected chi connectivity index (χ1v) is 7.44. The summed E-state index contributed by atoms with van der Waals surface area (Å²) in [7, 11) is 1.68. The summed E-state index contributed by atoms with van der Waals surface area (Å²) in [6.45, 7) is 5.89. The zero-order valence-electron chi connectivity index (χ0n) is 12.6. The maximum atomic E-state index is 5.99. The van der Waals surface area contributed by atoms with E-state index in [-0.39, 0.29) is 0 Å². The Balaban J connectivity index is 1.80. The van der Waals surface area contributed by atoms with Crippen LogP contribution in [0.25, 0.3) is 0 Å². The van der Waals surface area contributed by atoms with Crippen molar-refractivity contribution in [2.75, 3.05) is 33.4 Å². The third-order valence-electron chi connectivity index (χ3n) is 3.85. The maximum Gasteiger partial charge on any atom is 0.161 e. The van der Waals surface area contributed by atoms with Gasteiger partial charge in [-0.05, 0) is 57.0 Å². The zero-order chi connectivity index (χ0) is 14.4. The minimum atomic E-state index is 0.373. The monoisotopic (exact) mass is 278 g/mol. The van der Waals surface area contributed by atoms with E-state index in [1.54, 1.807) is 7.11 Å². The number of likely N-dealkylation sites (tertiary alicyclic amines) is 1. The summed E-state index contributed by atoms with van der Waals surface area (Å²) in [6.07, 6.45) is 3.42. The minimum Gasteiger partial charge on any atom is -0.493 e. The Labute approximate surface area is 121 Å². The molecule has 112 valence electrons. The molecule has 0 radical (unpaired) electrons. The molecule has 0 spiro atoms. The molecule has 20 heavy (non-hydrogen) atoms. The lowest BCUT2D eigenvalue weighted by Crippen LogP contribution is -2.30. The molecule has 1 aliphatic rings. The Kier molecular flexibility index (Phi) is 5.68. The molecule has 4 nitrogen and oxygen atoms in total. The lowest BCUT2D eigenvalue weighted by molar-refractivity contribution is 0.208. The largest absolute Gasteiger partial charge is 0.493 e. The Hall–Kier alpha value is -1.26. The average Bonchev–Trinajstić information content (AvgIpc) is 2.65. The van der Waals surface area contributed by atoms with Crippen molar-refractivity contribution in [1.29, 1.82) is 0 Å². The second kappa shape index (κ2) is 7.50. The second-order valence-corrected chi connectivity index (χ2v) is 5.54. The number of rotatable bonds is 5. The third-order valence-corrected chi connectivity index (χ3v) is 3.85. The van der Waals surface area contributed by atoms with Gasteiger partial charge in [-0.3, -0.25) is 4.90 Å². The van der Waals surface area contributed by atoms with Gasteiger partial charge in [-0.25, -0.2) is 0 Å². The van der Waals surface area contributed by atoms with Crippen molar-refractivity contribution in [1.82, 2.24) is 4.90 Å².